The fraction of sp³-hybridized carbons (Fsp3) is 0.444. The molecule has 0 spiro atoms. The predicted molar refractivity (Wildman–Crippen MR) is 88.3 cm³/mol. The van der Waals surface area contributed by atoms with Gasteiger partial charge in [0.25, 0.3) is 5.91 Å². The van der Waals surface area contributed by atoms with E-state index in [2.05, 4.69) is 15.6 Å². The summed E-state index contributed by atoms with van der Waals surface area (Å²) in [5.41, 5.74) is -4.52. The topological polar surface area (TPSA) is 108 Å². The zero-order chi connectivity index (χ0) is 20.5. The van der Waals surface area contributed by atoms with Gasteiger partial charge >= 0.3 is 6.18 Å². The van der Waals surface area contributed by atoms with Crippen LogP contribution in [0.3, 0.4) is 0 Å². The van der Waals surface area contributed by atoms with E-state index in [4.69, 9.17) is 0 Å². The molecule has 5 rings (SSSR count). The molecule has 3 N–H and O–H groups in total. The second-order valence-electron chi connectivity index (χ2n) is 7.89. The van der Waals surface area contributed by atoms with E-state index in [0.717, 1.165) is 6.08 Å². The van der Waals surface area contributed by atoms with Crippen LogP contribution < -0.4 is 10.6 Å². The number of allylic oxidation sites excluding steroid dienone is 2. The van der Waals surface area contributed by atoms with Gasteiger partial charge in [-0.1, -0.05) is 0 Å². The van der Waals surface area contributed by atoms with Crippen molar-refractivity contribution in [1.29, 1.82) is 0 Å². The van der Waals surface area contributed by atoms with E-state index in [-0.39, 0.29) is 22.7 Å². The molecule has 1 atom stereocenters. The zero-order valence-corrected chi connectivity index (χ0v) is 14.7. The molecular formula is C18H16F3N3O4. The van der Waals surface area contributed by atoms with Crippen molar-refractivity contribution in [3.8, 4) is 0 Å². The maximum Gasteiger partial charge on any atom is 0.426 e. The maximum absolute atomic E-state index is 12.8. The van der Waals surface area contributed by atoms with Gasteiger partial charge in [-0.15, -0.1) is 0 Å². The van der Waals surface area contributed by atoms with Crippen LogP contribution in [0.4, 0.5) is 13.2 Å². The standard InChI is InChI=1S/C18H16F3N3O4/c1-15(28,18(19,20)21)14(27)24-17-6-16(7-17,8-17)23-10-5-11(25)12-9(13(10)26)3-2-4-22-12/h2-5,23,28H,6-8H2,1H3,(H,24,27)/t15-,16?,17?/m1/s1. The Labute approximate surface area is 157 Å². The molecule has 10 heteroatoms. The molecule has 7 nitrogen and oxygen atoms in total. The first kappa shape index (κ1) is 18.6. The number of Topliss-reactive ketones (excluding diaryl/α,β-unsaturated/α-hetero) is 1. The Morgan fingerprint density at radius 2 is 1.86 bits per heavy atom. The summed E-state index contributed by atoms with van der Waals surface area (Å²) in [6.07, 6.45) is -1.63. The van der Waals surface area contributed by atoms with Gasteiger partial charge in [0.1, 0.15) is 5.69 Å². The summed E-state index contributed by atoms with van der Waals surface area (Å²) in [4.78, 5) is 40.4. The summed E-state index contributed by atoms with van der Waals surface area (Å²) in [5.74, 6) is -2.30. The Morgan fingerprint density at radius 3 is 2.46 bits per heavy atom. The number of halogens is 3. The molecule has 1 aromatic rings. The Hall–Kier alpha value is -2.75. The van der Waals surface area contributed by atoms with Gasteiger partial charge in [-0.25, -0.2) is 0 Å². The van der Waals surface area contributed by atoms with Crippen LogP contribution in [-0.4, -0.2) is 50.4 Å². The van der Waals surface area contributed by atoms with E-state index in [9.17, 15) is 32.7 Å². The molecule has 148 valence electrons. The number of hydrogen-bond donors (Lipinski definition) is 3. The minimum Gasteiger partial charge on any atom is -0.376 e. The number of rotatable bonds is 4. The highest BCUT2D eigenvalue weighted by atomic mass is 19.4. The minimum absolute atomic E-state index is 0.0776. The van der Waals surface area contributed by atoms with Gasteiger partial charge in [-0.05, 0) is 38.3 Å². The van der Waals surface area contributed by atoms with E-state index in [1.807, 2.05) is 0 Å². The van der Waals surface area contributed by atoms with Gasteiger partial charge in [0, 0.05) is 23.4 Å². The first-order valence-electron chi connectivity index (χ1n) is 8.54. The molecule has 0 aromatic carbocycles. The fourth-order valence-electron chi connectivity index (χ4n) is 4.12. The minimum atomic E-state index is -5.09. The van der Waals surface area contributed by atoms with E-state index < -0.39 is 34.5 Å². The molecule has 1 amide bonds. The lowest BCUT2D eigenvalue weighted by Gasteiger charge is -2.71. The number of carbonyl (C=O) groups is 3. The number of fused-ring (bicyclic) bond motifs is 1. The molecule has 3 saturated carbocycles. The molecule has 28 heavy (non-hydrogen) atoms. The summed E-state index contributed by atoms with van der Waals surface area (Å²) in [6.45, 7) is 0.407. The molecule has 1 aromatic heterocycles. The lowest BCUT2D eigenvalue weighted by atomic mass is 9.44. The number of alkyl halides is 3. The Morgan fingerprint density at radius 1 is 1.21 bits per heavy atom. The van der Waals surface area contributed by atoms with E-state index in [1.54, 1.807) is 6.07 Å². The van der Waals surface area contributed by atoms with Crippen LogP contribution in [0, 0.1) is 0 Å². The van der Waals surface area contributed by atoms with E-state index in [0.29, 0.717) is 26.2 Å². The van der Waals surface area contributed by atoms with Gasteiger partial charge in [-0.3, -0.25) is 19.4 Å². The van der Waals surface area contributed by atoms with Crippen molar-refractivity contribution in [3.63, 3.8) is 0 Å². The molecule has 0 radical (unpaired) electrons. The van der Waals surface area contributed by atoms with Gasteiger partial charge in [0.15, 0.2) is 0 Å². The molecule has 4 aliphatic rings. The Kier molecular flexibility index (Phi) is 3.59. The average molecular weight is 395 g/mol. The van der Waals surface area contributed by atoms with Crippen LogP contribution in [0.1, 0.15) is 47.0 Å². The fourth-order valence-corrected chi connectivity index (χ4v) is 4.12. The molecule has 0 aliphatic heterocycles. The smallest absolute Gasteiger partial charge is 0.376 e. The van der Waals surface area contributed by atoms with Gasteiger partial charge < -0.3 is 15.7 Å². The van der Waals surface area contributed by atoms with Crippen molar-refractivity contribution >= 4 is 17.5 Å². The third kappa shape index (κ3) is 2.55. The third-order valence-corrected chi connectivity index (χ3v) is 5.61. The van der Waals surface area contributed by atoms with Gasteiger partial charge in [-0.2, -0.15) is 13.2 Å². The normalized spacial score (nSPS) is 30.2. The highest BCUT2D eigenvalue weighted by molar-refractivity contribution is 6.23. The quantitative estimate of drug-likeness (QED) is 0.703. The average Bonchev–Trinajstić information content (AvgIpc) is 2.55. The number of ketones is 2. The molecule has 3 fully saturated rings. The van der Waals surface area contributed by atoms with Crippen LogP contribution in [0.25, 0.3) is 0 Å². The van der Waals surface area contributed by atoms with Crippen LogP contribution in [0.15, 0.2) is 30.1 Å². The number of hydrogen-bond acceptors (Lipinski definition) is 6. The van der Waals surface area contributed by atoms with Crippen molar-refractivity contribution in [2.24, 2.45) is 0 Å². The highest BCUT2D eigenvalue weighted by Crippen LogP contribution is 2.61. The van der Waals surface area contributed by atoms with Crippen molar-refractivity contribution < 1.29 is 32.7 Å². The number of nitrogens with one attached hydrogen (secondary N) is 2. The molecule has 0 saturated heterocycles. The Balaban J connectivity index is 1.41. The summed E-state index contributed by atoms with van der Waals surface area (Å²) >= 11 is 0. The monoisotopic (exact) mass is 395 g/mol. The number of aliphatic hydroxyl groups is 1. The highest BCUT2D eigenvalue weighted by Gasteiger charge is 2.70. The second kappa shape index (κ2) is 5.40. The summed E-state index contributed by atoms with van der Waals surface area (Å²) < 4.78 is 38.3. The first-order chi connectivity index (χ1) is 12.9. The van der Waals surface area contributed by atoms with Crippen molar-refractivity contribution in [1.82, 2.24) is 15.6 Å². The number of nitrogens with zero attached hydrogens (tertiary/aromatic N) is 1. The summed E-state index contributed by atoms with van der Waals surface area (Å²) in [6, 6.07) is 3.05. The number of amides is 1. The van der Waals surface area contributed by atoms with Crippen LogP contribution in [-0.2, 0) is 4.79 Å². The van der Waals surface area contributed by atoms with Crippen molar-refractivity contribution in [3.05, 3.63) is 41.4 Å². The van der Waals surface area contributed by atoms with E-state index in [1.165, 1.54) is 12.3 Å². The third-order valence-electron chi connectivity index (χ3n) is 5.61. The van der Waals surface area contributed by atoms with E-state index >= 15 is 0 Å². The number of pyridine rings is 1. The molecule has 4 aliphatic carbocycles. The van der Waals surface area contributed by atoms with Crippen LogP contribution >= 0.6 is 0 Å². The Bertz CT molecular complexity index is 932. The molecule has 2 bridgehead atoms. The lowest BCUT2D eigenvalue weighted by molar-refractivity contribution is -0.248. The molecular weight excluding hydrogens is 379 g/mol. The SMILES string of the molecule is C[C@@](O)(C(=O)NC12CC(NC3=CC(=O)c4ncccc4C3=O)(C1)C2)C(F)(F)F. The number of aromatic nitrogens is 1. The lowest BCUT2D eigenvalue weighted by Crippen LogP contribution is -2.84. The summed E-state index contributed by atoms with van der Waals surface area (Å²) in [7, 11) is 0. The molecule has 1 heterocycles. The predicted octanol–water partition coefficient (Wildman–Crippen LogP) is 1.04. The van der Waals surface area contributed by atoms with Crippen LogP contribution in [0.5, 0.6) is 0 Å². The maximum atomic E-state index is 12.8. The first-order valence-corrected chi connectivity index (χ1v) is 8.54. The van der Waals surface area contributed by atoms with Crippen molar-refractivity contribution in [2.75, 3.05) is 0 Å². The van der Waals surface area contributed by atoms with Gasteiger partial charge in [0.05, 0.1) is 11.3 Å². The molecule has 0 unspecified atom stereocenters. The van der Waals surface area contributed by atoms with Gasteiger partial charge in [0.2, 0.25) is 17.2 Å². The second-order valence-corrected chi connectivity index (χ2v) is 7.89. The zero-order valence-electron chi connectivity index (χ0n) is 14.7. The number of carbonyl (C=O) groups excluding carboxylic acids is 3. The summed E-state index contributed by atoms with van der Waals surface area (Å²) in [5, 5.41) is 14.7. The van der Waals surface area contributed by atoms with Crippen molar-refractivity contribution in [2.45, 2.75) is 49.0 Å². The largest absolute Gasteiger partial charge is 0.426 e. The van der Waals surface area contributed by atoms with Crippen LogP contribution in [0.2, 0.25) is 0 Å².